The van der Waals surface area contributed by atoms with Crippen LogP contribution in [-0.4, -0.2) is 53.8 Å². The first kappa shape index (κ1) is 19.9. The molecule has 1 saturated heterocycles. The van der Waals surface area contributed by atoms with Crippen LogP contribution in [-0.2, 0) is 0 Å². The third kappa shape index (κ3) is 5.85. The van der Waals surface area contributed by atoms with Gasteiger partial charge in [-0.15, -0.1) is 0 Å². The van der Waals surface area contributed by atoms with E-state index in [-0.39, 0.29) is 18.6 Å². The highest BCUT2D eigenvalue weighted by atomic mass is 35.5. The Kier molecular flexibility index (Phi) is 7.07. The lowest BCUT2D eigenvalue weighted by Crippen LogP contribution is -2.32. The fraction of sp³-hybridized carbons (Fsp3) is 0.444. The molecule has 10 heteroatoms. The van der Waals surface area contributed by atoms with Gasteiger partial charge in [0.1, 0.15) is 6.61 Å². The van der Waals surface area contributed by atoms with E-state index in [4.69, 9.17) is 16.3 Å². The molecule has 2 aromatic rings. The van der Waals surface area contributed by atoms with Crippen molar-refractivity contribution in [3.63, 3.8) is 0 Å². The second-order valence-corrected chi connectivity index (χ2v) is 6.64. The lowest BCUT2D eigenvalue weighted by Gasteiger charge is -2.16. The predicted molar refractivity (Wildman–Crippen MR) is 109 cm³/mol. The molecule has 3 N–H and O–H groups in total. The topological polar surface area (TPSA) is 104 Å². The van der Waals surface area contributed by atoms with Gasteiger partial charge in [0.05, 0.1) is 6.54 Å². The molecule has 0 bridgehead atoms. The zero-order valence-corrected chi connectivity index (χ0v) is 16.5. The molecule has 1 aromatic heterocycles. The Morgan fingerprint density at radius 2 is 2.07 bits per heavy atom. The van der Waals surface area contributed by atoms with Gasteiger partial charge in [-0.1, -0.05) is 17.7 Å². The SMILES string of the molecule is CCNc1nc(OCCNC(=O)Nc2cccc(Cl)c2)nc(N2CCCC2)n1. The van der Waals surface area contributed by atoms with Crippen molar-refractivity contribution in [1.82, 2.24) is 20.3 Å². The van der Waals surface area contributed by atoms with Crippen molar-refractivity contribution in [1.29, 1.82) is 0 Å². The zero-order valence-electron chi connectivity index (χ0n) is 15.7. The van der Waals surface area contributed by atoms with E-state index in [1.807, 2.05) is 6.92 Å². The van der Waals surface area contributed by atoms with Crippen LogP contribution in [0, 0.1) is 0 Å². The molecule has 0 atom stereocenters. The molecule has 0 radical (unpaired) electrons. The summed E-state index contributed by atoms with van der Waals surface area (Å²) in [7, 11) is 0. The van der Waals surface area contributed by atoms with Gasteiger partial charge < -0.3 is 25.6 Å². The smallest absolute Gasteiger partial charge is 0.323 e. The number of halogens is 1. The molecule has 0 saturated carbocycles. The van der Waals surface area contributed by atoms with Crippen molar-refractivity contribution >= 4 is 35.2 Å². The number of anilines is 3. The number of hydrogen-bond donors (Lipinski definition) is 3. The van der Waals surface area contributed by atoms with Gasteiger partial charge in [0.2, 0.25) is 11.9 Å². The Hall–Kier alpha value is -2.81. The molecule has 2 amide bonds. The van der Waals surface area contributed by atoms with Gasteiger partial charge in [-0.25, -0.2) is 4.79 Å². The van der Waals surface area contributed by atoms with Crippen molar-refractivity contribution in [2.24, 2.45) is 0 Å². The van der Waals surface area contributed by atoms with Crippen molar-refractivity contribution in [2.75, 3.05) is 48.3 Å². The summed E-state index contributed by atoms with van der Waals surface area (Å²) in [6.07, 6.45) is 2.26. The number of carbonyl (C=O) groups is 1. The third-order valence-electron chi connectivity index (χ3n) is 4.03. The van der Waals surface area contributed by atoms with E-state index in [0.717, 1.165) is 25.9 Å². The number of ether oxygens (including phenoxy) is 1. The largest absolute Gasteiger partial charge is 0.461 e. The summed E-state index contributed by atoms with van der Waals surface area (Å²) in [5, 5.41) is 9.07. The Morgan fingerprint density at radius 3 is 2.82 bits per heavy atom. The van der Waals surface area contributed by atoms with Crippen molar-refractivity contribution in [3.05, 3.63) is 29.3 Å². The van der Waals surface area contributed by atoms with Crippen molar-refractivity contribution < 1.29 is 9.53 Å². The van der Waals surface area contributed by atoms with Gasteiger partial charge >= 0.3 is 12.0 Å². The Balaban J connectivity index is 1.50. The van der Waals surface area contributed by atoms with Gasteiger partial charge in [0.25, 0.3) is 0 Å². The lowest BCUT2D eigenvalue weighted by molar-refractivity contribution is 0.245. The highest BCUT2D eigenvalue weighted by Gasteiger charge is 2.17. The molecule has 0 aliphatic carbocycles. The van der Waals surface area contributed by atoms with Gasteiger partial charge in [-0.2, -0.15) is 15.0 Å². The monoisotopic (exact) mass is 405 g/mol. The van der Waals surface area contributed by atoms with Crippen LogP contribution in [0.5, 0.6) is 6.01 Å². The molecule has 3 rings (SSSR count). The van der Waals surface area contributed by atoms with Gasteiger partial charge in [-0.3, -0.25) is 0 Å². The van der Waals surface area contributed by atoms with Crippen LogP contribution in [0.3, 0.4) is 0 Å². The van der Waals surface area contributed by atoms with E-state index < -0.39 is 0 Å². The van der Waals surface area contributed by atoms with E-state index in [9.17, 15) is 4.79 Å². The van der Waals surface area contributed by atoms with Crippen LogP contribution in [0.15, 0.2) is 24.3 Å². The zero-order chi connectivity index (χ0) is 19.8. The predicted octanol–water partition coefficient (Wildman–Crippen LogP) is 2.76. The molecule has 28 heavy (non-hydrogen) atoms. The number of nitrogens with zero attached hydrogens (tertiary/aromatic N) is 4. The van der Waals surface area contributed by atoms with E-state index in [2.05, 4.69) is 35.8 Å². The number of nitrogens with one attached hydrogen (secondary N) is 3. The minimum atomic E-state index is -0.340. The fourth-order valence-corrected chi connectivity index (χ4v) is 2.94. The Bertz CT molecular complexity index is 799. The number of benzene rings is 1. The number of aromatic nitrogens is 3. The molecule has 1 aromatic carbocycles. The first-order valence-electron chi connectivity index (χ1n) is 9.32. The fourth-order valence-electron chi connectivity index (χ4n) is 2.75. The van der Waals surface area contributed by atoms with Crippen LogP contribution in [0.1, 0.15) is 19.8 Å². The minimum Gasteiger partial charge on any atom is -0.461 e. The summed E-state index contributed by atoms with van der Waals surface area (Å²) < 4.78 is 5.62. The van der Waals surface area contributed by atoms with E-state index in [1.54, 1.807) is 24.3 Å². The standard InChI is InChI=1S/C18H24ClN7O2/c1-2-20-15-23-16(26-9-3-4-10-26)25-18(24-15)28-11-8-21-17(27)22-14-7-5-6-13(19)12-14/h5-7,12H,2-4,8-11H2,1H3,(H2,21,22,27)(H,20,23,24,25). The molecular weight excluding hydrogens is 382 g/mol. The first-order valence-corrected chi connectivity index (χ1v) is 9.70. The molecule has 0 unspecified atom stereocenters. The molecule has 9 nitrogen and oxygen atoms in total. The van der Waals surface area contributed by atoms with Crippen LogP contribution in [0.25, 0.3) is 0 Å². The van der Waals surface area contributed by atoms with E-state index >= 15 is 0 Å². The lowest BCUT2D eigenvalue weighted by atomic mass is 10.3. The highest BCUT2D eigenvalue weighted by Crippen LogP contribution is 2.19. The summed E-state index contributed by atoms with van der Waals surface area (Å²) in [6.45, 7) is 5.07. The van der Waals surface area contributed by atoms with Crippen molar-refractivity contribution in [3.8, 4) is 6.01 Å². The van der Waals surface area contributed by atoms with Crippen molar-refractivity contribution in [2.45, 2.75) is 19.8 Å². The summed E-state index contributed by atoms with van der Waals surface area (Å²) in [6, 6.07) is 6.84. The van der Waals surface area contributed by atoms with Crippen LogP contribution >= 0.6 is 11.6 Å². The van der Waals surface area contributed by atoms with Gasteiger partial charge in [-0.05, 0) is 38.0 Å². The number of hydrogen-bond acceptors (Lipinski definition) is 7. The molecular formula is C18H24ClN7O2. The van der Waals surface area contributed by atoms with Gasteiger partial charge in [0.15, 0.2) is 0 Å². The third-order valence-corrected chi connectivity index (χ3v) is 4.26. The molecule has 1 aliphatic rings. The normalized spacial score (nSPS) is 13.3. The summed E-state index contributed by atoms with van der Waals surface area (Å²) >= 11 is 5.90. The van der Waals surface area contributed by atoms with Crippen LogP contribution < -0.4 is 25.6 Å². The first-order chi connectivity index (χ1) is 13.6. The quantitative estimate of drug-likeness (QED) is 0.580. The maximum absolute atomic E-state index is 11.9. The number of rotatable bonds is 8. The highest BCUT2D eigenvalue weighted by molar-refractivity contribution is 6.30. The Morgan fingerprint density at radius 1 is 1.25 bits per heavy atom. The number of amides is 2. The molecule has 1 fully saturated rings. The van der Waals surface area contributed by atoms with Gasteiger partial charge in [0, 0.05) is 30.3 Å². The maximum atomic E-state index is 11.9. The Labute approximate surface area is 168 Å². The second kappa shape index (κ2) is 9.93. The summed E-state index contributed by atoms with van der Waals surface area (Å²) in [5.74, 6) is 1.10. The van der Waals surface area contributed by atoms with E-state index in [1.165, 1.54) is 0 Å². The summed E-state index contributed by atoms with van der Waals surface area (Å²) in [5.41, 5.74) is 0.619. The summed E-state index contributed by atoms with van der Waals surface area (Å²) in [4.78, 5) is 27.1. The van der Waals surface area contributed by atoms with Crippen LogP contribution in [0.4, 0.5) is 22.4 Å². The number of carbonyl (C=O) groups excluding carboxylic acids is 1. The molecule has 0 spiro atoms. The minimum absolute atomic E-state index is 0.234. The van der Waals surface area contributed by atoms with E-state index in [0.29, 0.717) is 35.7 Å². The average Bonchev–Trinajstić information content (AvgIpc) is 3.20. The molecule has 150 valence electrons. The number of urea groups is 1. The maximum Gasteiger partial charge on any atom is 0.323 e. The molecule has 1 aliphatic heterocycles. The average molecular weight is 406 g/mol. The second-order valence-electron chi connectivity index (χ2n) is 6.21. The van der Waals surface area contributed by atoms with Crippen LogP contribution in [0.2, 0.25) is 5.02 Å². The molecule has 2 heterocycles.